The van der Waals surface area contributed by atoms with Gasteiger partial charge in [0, 0.05) is 5.56 Å². The van der Waals surface area contributed by atoms with E-state index in [0.29, 0.717) is 6.10 Å². The molecular weight excluding hydrogens is 200 g/mol. The molecule has 1 aliphatic rings. The van der Waals surface area contributed by atoms with Gasteiger partial charge in [-0.2, -0.15) is 0 Å². The first-order chi connectivity index (χ1) is 7.81. The molecule has 0 bridgehead atoms. The molecule has 1 N–H and O–H groups in total. The summed E-state index contributed by atoms with van der Waals surface area (Å²) in [5.41, 5.74) is 0.928. The van der Waals surface area contributed by atoms with Crippen molar-refractivity contribution in [1.29, 1.82) is 0 Å². The van der Waals surface area contributed by atoms with E-state index in [1.54, 1.807) is 0 Å². The van der Waals surface area contributed by atoms with Crippen LogP contribution in [0.25, 0.3) is 0 Å². The van der Waals surface area contributed by atoms with Crippen LogP contribution in [-0.4, -0.2) is 11.2 Å². The highest BCUT2D eigenvalue weighted by molar-refractivity contribution is 5.35. The third kappa shape index (κ3) is 2.56. The van der Waals surface area contributed by atoms with Crippen LogP contribution in [0.3, 0.4) is 0 Å². The van der Waals surface area contributed by atoms with Crippen LogP contribution < -0.4 is 4.74 Å². The minimum Gasteiger partial charge on any atom is -0.490 e. The fourth-order valence-electron chi connectivity index (χ4n) is 2.27. The van der Waals surface area contributed by atoms with Gasteiger partial charge in [-0.1, -0.05) is 25.1 Å². The van der Waals surface area contributed by atoms with Crippen molar-refractivity contribution in [1.82, 2.24) is 0 Å². The summed E-state index contributed by atoms with van der Waals surface area (Å²) in [6, 6.07) is 7.84. The molecule has 1 saturated carbocycles. The predicted octanol–water partition coefficient (Wildman–Crippen LogP) is 3.45. The molecule has 2 nitrogen and oxygen atoms in total. The number of rotatable bonds is 4. The summed E-state index contributed by atoms with van der Waals surface area (Å²) < 4.78 is 5.97. The monoisotopic (exact) mass is 220 g/mol. The molecule has 0 radical (unpaired) electrons. The smallest absolute Gasteiger partial charge is 0.125 e. The molecule has 0 unspecified atom stereocenters. The average molecular weight is 220 g/mol. The number of para-hydroxylation sites is 1. The largest absolute Gasteiger partial charge is 0.490 e. The summed E-state index contributed by atoms with van der Waals surface area (Å²) >= 11 is 0. The highest BCUT2D eigenvalue weighted by Crippen LogP contribution is 2.30. The summed E-state index contributed by atoms with van der Waals surface area (Å²) in [6.07, 6.45) is 5.51. The van der Waals surface area contributed by atoms with Crippen LogP contribution in [0.15, 0.2) is 24.3 Å². The second kappa shape index (κ2) is 5.35. The Kier molecular flexibility index (Phi) is 3.83. The van der Waals surface area contributed by atoms with Gasteiger partial charge >= 0.3 is 0 Å². The Balaban J connectivity index is 2.12. The SMILES string of the molecule is CC[C@@H](O)c1ccccc1OC1CCCC1. The highest BCUT2D eigenvalue weighted by atomic mass is 16.5. The second-order valence-corrected chi connectivity index (χ2v) is 4.49. The molecule has 16 heavy (non-hydrogen) atoms. The van der Waals surface area contributed by atoms with E-state index in [0.717, 1.165) is 30.6 Å². The van der Waals surface area contributed by atoms with Crippen molar-refractivity contribution in [2.45, 2.75) is 51.2 Å². The minimum absolute atomic E-state index is 0.352. The summed E-state index contributed by atoms with van der Waals surface area (Å²) in [7, 11) is 0. The summed E-state index contributed by atoms with van der Waals surface area (Å²) in [4.78, 5) is 0. The van der Waals surface area contributed by atoms with Crippen molar-refractivity contribution in [2.75, 3.05) is 0 Å². The summed E-state index contributed by atoms with van der Waals surface area (Å²) in [5, 5.41) is 9.90. The predicted molar refractivity (Wildman–Crippen MR) is 64.6 cm³/mol. The highest BCUT2D eigenvalue weighted by Gasteiger charge is 2.19. The normalized spacial score (nSPS) is 18.6. The first-order valence-corrected chi connectivity index (χ1v) is 6.25. The van der Waals surface area contributed by atoms with E-state index in [1.807, 2.05) is 31.2 Å². The summed E-state index contributed by atoms with van der Waals surface area (Å²) in [6.45, 7) is 1.98. The van der Waals surface area contributed by atoms with Gasteiger partial charge in [-0.3, -0.25) is 0 Å². The van der Waals surface area contributed by atoms with E-state index in [1.165, 1.54) is 12.8 Å². The molecule has 88 valence electrons. The number of benzene rings is 1. The van der Waals surface area contributed by atoms with Crippen molar-refractivity contribution in [3.63, 3.8) is 0 Å². The maximum absolute atomic E-state index is 9.90. The van der Waals surface area contributed by atoms with Gasteiger partial charge < -0.3 is 9.84 Å². The summed E-state index contributed by atoms with van der Waals surface area (Å²) in [5.74, 6) is 0.865. The van der Waals surface area contributed by atoms with Crippen LogP contribution >= 0.6 is 0 Å². The molecule has 0 aromatic heterocycles. The molecule has 0 amide bonds. The van der Waals surface area contributed by atoms with Gasteiger partial charge in [0.1, 0.15) is 5.75 Å². The number of aliphatic hydroxyl groups is 1. The zero-order chi connectivity index (χ0) is 11.4. The Bertz CT molecular complexity index is 329. The first kappa shape index (κ1) is 11.5. The lowest BCUT2D eigenvalue weighted by Gasteiger charge is -2.18. The maximum atomic E-state index is 9.90. The second-order valence-electron chi connectivity index (χ2n) is 4.49. The maximum Gasteiger partial charge on any atom is 0.125 e. The Morgan fingerprint density at radius 1 is 1.31 bits per heavy atom. The molecule has 1 aliphatic carbocycles. The number of hydrogen-bond donors (Lipinski definition) is 1. The minimum atomic E-state index is -0.405. The standard InChI is InChI=1S/C14H20O2/c1-2-13(15)12-9-5-6-10-14(12)16-11-7-3-4-8-11/h5-6,9-11,13,15H,2-4,7-8H2,1H3/t13-/m1/s1. The van der Waals surface area contributed by atoms with E-state index in [4.69, 9.17) is 4.74 Å². The Labute approximate surface area is 97.3 Å². The van der Waals surface area contributed by atoms with Gasteiger partial charge in [0.05, 0.1) is 12.2 Å². The Hall–Kier alpha value is -1.02. The molecule has 1 aromatic rings. The van der Waals surface area contributed by atoms with Crippen molar-refractivity contribution in [2.24, 2.45) is 0 Å². The molecule has 2 heteroatoms. The number of hydrogen-bond acceptors (Lipinski definition) is 2. The quantitative estimate of drug-likeness (QED) is 0.842. The molecule has 1 aromatic carbocycles. The Morgan fingerprint density at radius 3 is 2.69 bits per heavy atom. The van der Waals surface area contributed by atoms with E-state index in [9.17, 15) is 5.11 Å². The van der Waals surface area contributed by atoms with E-state index < -0.39 is 6.10 Å². The van der Waals surface area contributed by atoms with Crippen LogP contribution in [0.1, 0.15) is 50.7 Å². The van der Waals surface area contributed by atoms with E-state index in [-0.39, 0.29) is 0 Å². The van der Waals surface area contributed by atoms with Gasteiger partial charge in [-0.15, -0.1) is 0 Å². The number of aliphatic hydroxyl groups excluding tert-OH is 1. The number of ether oxygens (including phenoxy) is 1. The molecular formula is C14H20O2. The third-order valence-electron chi connectivity index (χ3n) is 3.26. The molecule has 0 heterocycles. The first-order valence-electron chi connectivity index (χ1n) is 6.25. The van der Waals surface area contributed by atoms with Gasteiger partial charge in [0.15, 0.2) is 0 Å². The van der Waals surface area contributed by atoms with Crippen LogP contribution in [0, 0.1) is 0 Å². The van der Waals surface area contributed by atoms with Gasteiger partial charge in [0.2, 0.25) is 0 Å². The zero-order valence-electron chi connectivity index (χ0n) is 9.86. The average Bonchev–Trinajstić information content (AvgIpc) is 2.82. The molecule has 1 fully saturated rings. The van der Waals surface area contributed by atoms with Crippen molar-refractivity contribution in [3.8, 4) is 5.75 Å². The van der Waals surface area contributed by atoms with Crippen LogP contribution in [0.5, 0.6) is 5.75 Å². The zero-order valence-corrected chi connectivity index (χ0v) is 9.86. The lowest BCUT2D eigenvalue weighted by atomic mass is 10.1. The van der Waals surface area contributed by atoms with E-state index >= 15 is 0 Å². The topological polar surface area (TPSA) is 29.5 Å². The molecule has 0 saturated heterocycles. The molecule has 0 spiro atoms. The lowest BCUT2D eigenvalue weighted by molar-refractivity contribution is 0.157. The molecule has 2 rings (SSSR count). The van der Waals surface area contributed by atoms with Gasteiger partial charge in [-0.05, 0) is 38.2 Å². The molecule has 1 atom stereocenters. The van der Waals surface area contributed by atoms with Crippen molar-refractivity contribution in [3.05, 3.63) is 29.8 Å². The van der Waals surface area contributed by atoms with Crippen LogP contribution in [0.2, 0.25) is 0 Å². The van der Waals surface area contributed by atoms with Gasteiger partial charge in [0.25, 0.3) is 0 Å². The molecule has 0 aliphatic heterocycles. The van der Waals surface area contributed by atoms with Crippen molar-refractivity contribution >= 4 is 0 Å². The van der Waals surface area contributed by atoms with Crippen LogP contribution in [-0.2, 0) is 0 Å². The Morgan fingerprint density at radius 2 is 2.00 bits per heavy atom. The van der Waals surface area contributed by atoms with E-state index in [2.05, 4.69) is 0 Å². The fraction of sp³-hybridized carbons (Fsp3) is 0.571. The van der Waals surface area contributed by atoms with Gasteiger partial charge in [-0.25, -0.2) is 0 Å². The fourth-order valence-corrected chi connectivity index (χ4v) is 2.27. The third-order valence-corrected chi connectivity index (χ3v) is 3.26. The lowest BCUT2D eigenvalue weighted by Crippen LogP contribution is -2.13. The van der Waals surface area contributed by atoms with Crippen LogP contribution in [0.4, 0.5) is 0 Å². The van der Waals surface area contributed by atoms with Crippen molar-refractivity contribution < 1.29 is 9.84 Å².